The number of hydrogen-bond donors (Lipinski definition) is 1. The van der Waals surface area contributed by atoms with E-state index in [0.717, 1.165) is 19.4 Å². The number of nitrogens with one attached hydrogen (secondary N) is 1. The van der Waals surface area contributed by atoms with E-state index in [9.17, 15) is 4.79 Å². The van der Waals surface area contributed by atoms with Crippen LogP contribution in [0.1, 0.15) is 48.5 Å². The Morgan fingerprint density at radius 1 is 1.29 bits per heavy atom. The lowest BCUT2D eigenvalue weighted by Gasteiger charge is -2.37. The third kappa shape index (κ3) is 2.79. The first-order valence-corrected chi connectivity index (χ1v) is 7.78. The van der Waals surface area contributed by atoms with E-state index in [2.05, 4.69) is 11.4 Å². The molecule has 2 bridgehead atoms. The van der Waals surface area contributed by atoms with Crippen LogP contribution >= 0.6 is 0 Å². The van der Waals surface area contributed by atoms with Crippen molar-refractivity contribution in [3.05, 3.63) is 35.4 Å². The molecule has 0 aromatic heterocycles. The Balaban J connectivity index is 1.75. The first-order chi connectivity index (χ1) is 10.2. The Morgan fingerprint density at radius 2 is 1.90 bits per heavy atom. The number of piperidine rings is 1. The highest BCUT2D eigenvalue weighted by molar-refractivity contribution is 5.94. The summed E-state index contributed by atoms with van der Waals surface area (Å²) < 4.78 is 0. The van der Waals surface area contributed by atoms with E-state index in [1.165, 1.54) is 12.8 Å². The Hall–Kier alpha value is -1.86. The topological polar surface area (TPSA) is 56.1 Å². The van der Waals surface area contributed by atoms with Gasteiger partial charge in [-0.2, -0.15) is 5.26 Å². The number of benzene rings is 1. The number of hydrogen-bond acceptors (Lipinski definition) is 3. The SMILES string of the molecule is CCN(C(=O)c1ccc(C#N)cc1)C1CC2CCC(C1)N2. The zero-order valence-electron chi connectivity index (χ0n) is 12.4. The highest BCUT2D eigenvalue weighted by Gasteiger charge is 2.37. The van der Waals surface area contributed by atoms with Crippen LogP contribution in [0.2, 0.25) is 0 Å². The summed E-state index contributed by atoms with van der Waals surface area (Å²) in [6.45, 7) is 2.79. The molecule has 3 rings (SSSR count). The minimum Gasteiger partial charge on any atom is -0.336 e. The van der Waals surface area contributed by atoms with Gasteiger partial charge in [0.2, 0.25) is 0 Å². The predicted octanol–water partition coefficient (Wildman–Crippen LogP) is 2.30. The molecule has 0 aliphatic carbocycles. The zero-order valence-corrected chi connectivity index (χ0v) is 12.4. The molecule has 110 valence electrons. The predicted molar refractivity (Wildman–Crippen MR) is 80.8 cm³/mol. The van der Waals surface area contributed by atoms with Crippen molar-refractivity contribution < 1.29 is 4.79 Å². The fourth-order valence-electron chi connectivity index (χ4n) is 3.70. The molecule has 1 aromatic rings. The number of rotatable bonds is 3. The molecule has 2 fully saturated rings. The van der Waals surface area contributed by atoms with Crippen LogP contribution < -0.4 is 5.32 Å². The van der Waals surface area contributed by atoms with Crippen molar-refractivity contribution in [2.24, 2.45) is 0 Å². The number of nitrogens with zero attached hydrogens (tertiary/aromatic N) is 2. The van der Waals surface area contributed by atoms with Gasteiger partial charge in [-0.1, -0.05) is 0 Å². The molecule has 4 nitrogen and oxygen atoms in total. The maximum absolute atomic E-state index is 12.7. The Morgan fingerprint density at radius 3 is 2.43 bits per heavy atom. The molecule has 2 aliphatic heterocycles. The molecule has 2 saturated heterocycles. The Kier molecular flexibility index (Phi) is 3.94. The smallest absolute Gasteiger partial charge is 0.254 e. The van der Waals surface area contributed by atoms with E-state index < -0.39 is 0 Å². The van der Waals surface area contributed by atoms with E-state index in [1.54, 1.807) is 24.3 Å². The van der Waals surface area contributed by atoms with Gasteiger partial charge in [0.05, 0.1) is 11.6 Å². The van der Waals surface area contributed by atoms with Gasteiger partial charge in [0.25, 0.3) is 5.91 Å². The normalized spacial score (nSPS) is 27.1. The third-order valence-corrected chi connectivity index (χ3v) is 4.75. The van der Waals surface area contributed by atoms with Crippen LogP contribution in [0.25, 0.3) is 0 Å². The second kappa shape index (κ2) is 5.87. The van der Waals surface area contributed by atoms with Gasteiger partial charge >= 0.3 is 0 Å². The number of fused-ring (bicyclic) bond motifs is 2. The molecule has 0 spiro atoms. The summed E-state index contributed by atoms with van der Waals surface area (Å²) in [4.78, 5) is 14.7. The molecular weight excluding hydrogens is 262 g/mol. The Bertz CT molecular complexity index is 548. The van der Waals surface area contributed by atoms with E-state index in [4.69, 9.17) is 5.26 Å². The molecule has 1 N–H and O–H groups in total. The van der Waals surface area contributed by atoms with Crippen molar-refractivity contribution in [3.8, 4) is 6.07 Å². The first kappa shape index (κ1) is 14.1. The highest BCUT2D eigenvalue weighted by atomic mass is 16.2. The second-order valence-corrected chi connectivity index (χ2v) is 6.04. The number of amides is 1. The average molecular weight is 283 g/mol. The summed E-state index contributed by atoms with van der Waals surface area (Å²) in [5.41, 5.74) is 1.27. The first-order valence-electron chi connectivity index (χ1n) is 7.78. The van der Waals surface area contributed by atoms with Gasteiger partial charge in [-0.25, -0.2) is 0 Å². The summed E-state index contributed by atoms with van der Waals surface area (Å²) in [5, 5.41) is 12.5. The molecule has 2 heterocycles. The molecular formula is C17H21N3O. The van der Waals surface area contributed by atoms with Crippen LogP contribution in [-0.4, -0.2) is 35.5 Å². The molecule has 0 saturated carbocycles. The van der Waals surface area contributed by atoms with Crippen molar-refractivity contribution in [1.29, 1.82) is 5.26 Å². The minimum atomic E-state index is 0.0910. The van der Waals surface area contributed by atoms with Gasteiger partial charge in [-0.05, 0) is 56.9 Å². The second-order valence-electron chi connectivity index (χ2n) is 6.04. The molecule has 21 heavy (non-hydrogen) atoms. The van der Waals surface area contributed by atoms with Crippen LogP contribution in [0.5, 0.6) is 0 Å². The summed E-state index contributed by atoms with van der Waals surface area (Å²) >= 11 is 0. The van der Waals surface area contributed by atoms with Crippen molar-refractivity contribution >= 4 is 5.91 Å². The molecule has 2 unspecified atom stereocenters. The van der Waals surface area contributed by atoms with Gasteiger partial charge in [0.1, 0.15) is 0 Å². The molecule has 2 atom stereocenters. The molecule has 0 radical (unpaired) electrons. The maximum atomic E-state index is 12.7. The monoisotopic (exact) mass is 283 g/mol. The standard InChI is InChI=1S/C17H21N3O/c1-2-20(16-9-14-7-8-15(10-16)19-14)17(21)13-5-3-12(11-18)4-6-13/h3-6,14-16,19H,2,7-10H2,1H3. The largest absolute Gasteiger partial charge is 0.336 e. The number of carbonyl (C=O) groups is 1. The molecule has 2 aliphatic rings. The third-order valence-electron chi connectivity index (χ3n) is 4.75. The Labute approximate surface area is 125 Å². The van der Waals surface area contributed by atoms with Gasteiger partial charge in [-0.15, -0.1) is 0 Å². The van der Waals surface area contributed by atoms with Gasteiger partial charge in [0.15, 0.2) is 0 Å². The van der Waals surface area contributed by atoms with Crippen LogP contribution in [0.4, 0.5) is 0 Å². The van der Waals surface area contributed by atoms with E-state index in [0.29, 0.717) is 29.3 Å². The van der Waals surface area contributed by atoms with Crippen molar-refractivity contribution in [2.45, 2.75) is 50.7 Å². The van der Waals surface area contributed by atoms with Crippen LogP contribution in [0, 0.1) is 11.3 Å². The van der Waals surface area contributed by atoms with Crippen LogP contribution in [0.3, 0.4) is 0 Å². The minimum absolute atomic E-state index is 0.0910. The van der Waals surface area contributed by atoms with Crippen LogP contribution in [0.15, 0.2) is 24.3 Å². The van der Waals surface area contributed by atoms with Crippen molar-refractivity contribution in [3.63, 3.8) is 0 Å². The van der Waals surface area contributed by atoms with Crippen LogP contribution in [-0.2, 0) is 0 Å². The zero-order chi connectivity index (χ0) is 14.8. The highest BCUT2D eigenvalue weighted by Crippen LogP contribution is 2.30. The summed E-state index contributed by atoms with van der Waals surface area (Å²) in [6.07, 6.45) is 4.60. The molecule has 4 heteroatoms. The number of nitriles is 1. The van der Waals surface area contributed by atoms with Gasteiger partial charge in [-0.3, -0.25) is 4.79 Å². The van der Waals surface area contributed by atoms with E-state index in [1.807, 2.05) is 11.8 Å². The fourth-order valence-corrected chi connectivity index (χ4v) is 3.70. The summed E-state index contributed by atoms with van der Waals surface area (Å²) in [6, 6.07) is 10.5. The quantitative estimate of drug-likeness (QED) is 0.926. The lowest BCUT2D eigenvalue weighted by atomic mass is 9.97. The van der Waals surface area contributed by atoms with E-state index in [-0.39, 0.29) is 5.91 Å². The molecule has 1 amide bonds. The maximum Gasteiger partial charge on any atom is 0.254 e. The molecule has 1 aromatic carbocycles. The fraction of sp³-hybridized carbons (Fsp3) is 0.529. The van der Waals surface area contributed by atoms with Crippen molar-refractivity contribution in [2.75, 3.05) is 6.54 Å². The lowest BCUT2D eigenvalue weighted by molar-refractivity contribution is 0.0631. The van der Waals surface area contributed by atoms with Gasteiger partial charge in [0, 0.05) is 30.2 Å². The van der Waals surface area contributed by atoms with E-state index >= 15 is 0 Å². The summed E-state index contributed by atoms with van der Waals surface area (Å²) in [7, 11) is 0. The average Bonchev–Trinajstić information content (AvgIpc) is 2.86. The lowest BCUT2D eigenvalue weighted by Crippen LogP contribution is -2.50. The summed E-state index contributed by atoms with van der Waals surface area (Å²) in [5.74, 6) is 0.0910. The van der Waals surface area contributed by atoms with Gasteiger partial charge < -0.3 is 10.2 Å². The van der Waals surface area contributed by atoms with Crippen molar-refractivity contribution in [1.82, 2.24) is 10.2 Å². The number of carbonyl (C=O) groups excluding carboxylic acids is 1.